The Morgan fingerprint density at radius 2 is 1.31 bits per heavy atom. The van der Waals surface area contributed by atoms with E-state index in [1.54, 1.807) is 0 Å². The van der Waals surface area contributed by atoms with Crippen LogP contribution in [0.3, 0.4) is 0 Å². The van der Waals surface area contributed by atoms with Crippen molar-refractivity contribution in [2.75, 3.05) is 14.1 Å². The van der Waals surface area contributed by atoms with Gasteiger partial charge in [0.1, 0.15) is 0 Å². The smallest absolute Gasteiger partial charge is 0.0780 e. The highest BCUT2D eigenvalue weighted by atomic mass is 15.0. The fourth-order valence-corrected chi connectivity index (χ4v) is 2.62. The first-order valence-corrected chi connectivity index (χ1v) is 9.48. The molecule has 0 N–H and O–H groups in total. The quantitative estimate of drug-likeness (QED) is 0.533. The molecule has 0 atom stereocenters. The van der Waals surface area contributed by atoms with Gasteiger partial charge >= 0.3 is 0 Å². The third-order valence-electron chi connectivity index (χ3n) is 3.62. The van der Waals surface area contributed by atoms with Crippen LogP contribution in [0, 0.1) is 0 Å². The van der Waals surface area contributed by atoms with Gasteiger partial charge in [-0.05, 0) is 31.3 Å². The first-order valence-electron chi connectivity index (χ1n) is 9.48. The van der Waals surface area contributed by atoms with E-state index in [2.05, 4.69) is 78.6 Å². The van der Waals surface area contributed by atoms with Gasteiger partial charge in [0.2, 0.25) is 0 Å². The minimum Gasteiger partial charge on any atom is -0.305 e. The summed E-state index contributed by atoms with van der Waals surface area (Å²) in [5.74, 6) is 0. The van der Waals surface area contributed by atoms with E-state index in [0.717, 1.165) is 17.8 Å². The molecule has 0 unspecified atom stereocenters. The second kappa shape index (κ2) is 12.0. The number of hydrogen-bond acceptors (Lipinski definition) is 2. The maximum atomic E-state index is 4.61. The first kappa shape index (κ1) is 21.6. The number of nitrogens with zero attached hydrogens (tertiary/aromatic N) is 2. The molecule has 138 valence electrons. The average Bonchev–Trinajstić information content (AvgIpc) is 2.72. The summed E-state index contributed by atoms with van der Waals surface area (Å²) < 4.78 is 0. The largest absolute Gasteiger partial charge is 0.305 e. The summed E-state index contributed by atoms with van der Waals surface area (Å²) in [4.78, 5) is 6.78. The fraction of sp³-hybridized carbons (Fsp3) is 0.292. The summed E-state index contributed by atoms with van der Waals surface area (Å²) in [5, 5.41) is 0. The van der Waals surface area contributed by atoms with Crippen molar-refractivity contribution in [3.05, 3.63) is 78.5 Å². The van der Waals surface area contributed by atoms with Crippen LogP contribution in [-0.2, 0) is 6.54 Å². The zero-order valence-corrected chi connectivity index (χ0v) is 17.0. The maximum absolute atomic E-state index is 4.61. The van der Waals surface area contributed by atoms with E-state index in [0.29, 0.717) is 0 Å². The molecule has 0 aliphatic rings. The molecule has 2 aromatic carbocycles. The van der Waals surface area contributed by atoms with E-state index in [-0.39, 0.29) is 0 Å². The third kappa shape index (κ3) is 6.12. The molecule has 1 aromatic heterocycles. The maximum Gasteiger partial charge on any atom is 0.0780 e. The van der Waals surface area contributed by atoms with Crippen molar-refractivity contribution >= 4 is 0 Å². The molecule has 2 heteroatoms. The fourth-order valence-electron chi connectivity index (χ4n) is 2.62. The van der Waals surface area contributed by atoms with E-state index in [9.17, 15) is 0 Å². The SMILES string of the molecule is CC.CC.CN(C)Cc1ccc(-c2ncccc2-c2ccccc2)cc1. The van der Waals surface area contributed by atoms with E-state index in [1.807, 2.05) is 46.0 Å². The molecule has 0 spiro atoms. The monoisotopic (exact) mass is 348 g/mol. The van der Waals surface area contributed by atoms with Gasteiger partial charge in [-0.2, -0.15) is 0 Å². The van der Waals surface area contributed by atoms with E-state index in [1.165, 1.54) is 16.7 Å². The Hall–Kier alpha value is -2.45. The molecular formula is C24H32N2. The van der Waals surface area contributed by atoms with Gasteiger partial charge in [-0.25, -0.2) is 0 Å². The Labute approximate surface area is 159 Å². The lowest BCUT2D eigenvalue weighted by Gasteiger charge is -2.12. The van der Waals surface area contributed by atoms with E-state index >= 15 is 0 Å². The van der Waals surface area contributed by atoms with Gasteiger partial charge in [-0.3, -0.25) is 4.98 Å². The normalized spacial score (nSPS) is 9.65. The number of rotatable bonds is 4. The van der Waals surface area contributed by atoms with Crippen molar-refractivity contribution in [3.8, 4) is 22.4 Å². The molecule has 0 radical (unpaired) electrons. The van der Waals surface area contributed by atoms with Crippen molar-refractivity contribution in [2.45, 2.75) is 34.2 Å². The lowest BCUT2D eigenvalue weighted by atomic mass is 9.99. The molecular weight excluding hydrogens is 316 g/mol. The third-order valence-corrected chi connectivity index (χ3v) is 3.62. The molecule has 0 aliphatic carbocycles. The van der Waals surface area contributed by atoms with Gasteiger partial charge in [0.05, 0.1) is 5.69 Å². The number of pyridine rings is 1. The molecule has 0 fully saturated rings. The van der Waals surface area contributed by atoms with E-state index in [4.69, 9.17) is 0 Å². The second-order valence-corrected chi connectivity index (χ2v) is 5.70. The Kier molecular flexibility index (Phi) is 9.96. The molecule has 0 saturated carbocycles. The molecule has 0 amide bonds. The van der Waals surface area contributed by atoms with Crippen molar-refractivity contribution in [1.29, 1.82) is 0 Å². The zero-order valence-electron chi connectivity index (χ0n) is 17.0. The van der Waals surface area contributed by atoms with Crippen LogP contribution in [0.15, 0.2) is 72.9 Å². The van der Waals surface area contributed by atoms with Crippen LogP contribution < -0.4 is 0 Å². The minimum absolute atomic E-state index is 0.952. The molecule has 26 heavy (non-hydrogen) atoms. The van der Waals surface area contributed by atoms with Crippen LogP contribution in [0.2, 0.25) is 0 Å². The van der Waals surface area contributed by atoms with Gasteiger partial charge < -0.3 is 4.90 Å². The summed E-state index contributed by atoms with van der Waals surface area (Å²) in [5.41, 5.74) is 5.87. The van der Waals surface area contributed by atoms with Gasteiger partial charge in [0.15, 0.2) is 0 Å². The predicted molar refractivity (Wildman–Crippen MR) is 115 cm³/mol. The highest BCUT2D eigenvalue weighted by Crippen LogP contribution is 2.30. The Balaban J connectivity index is 0.000000791. The van der Waals surface area contributed by atoms with Gasteiger partial charge in [0.25, 0.3) is 0 Å². The second-order valence-electron chi connectivity index (χ2n) is 5.70. The lowest BCUT2D eigenvalue weighted by Crippen LogP contribution is -2.10. The zero-order chi connectivity index (χ0) is 19.4. The number of hydrogen-bond donors (Lipinski definition) is 0. The molecule has 0 bridgehead atoms. The summed E-state index contributed by atoms with van der Waals surface area (Å²) in [6.45, 7) is 8.95. The Morgan fingerprint density at radius 3 is 1.88 bits per heavy atom. The van der Waals surface area contributed by atoms with Crippen LogP contribution in [0.4, 0.5) is 0 Å². The van der Waals surface area contributed by atoms with Gasteiger partial charge in [-0.1, -0.05) is 88.4 Å². The molecule has 0 saturated heterocycles. The summed E-state index contributed by atoms with van der Waals surface area (Å²) in [6.07, 6.45) is 1.86. The van der Waals surface area contributed by atoms with Crippen LogP contribution >= 0.6 is 0 Å². The minimum atomic E-state index is 0.952. The molecule has 2 nitrogen and oxygen atoms in total. The summed E-state index contributed by atoms with van der Waals surface area (Å²) in [6, 6.07) is 23.2. The van der Waals surface area contributed by atoms with Gasteiger partial charge in [-0.15, -0.1) is 0 Å². The number of benzene rings is 2. The molecule has 1 heterocycles. The lowest BCUT2D eigenvalue weighted by molar-refractivity contribution is 0.402. The van der Waals surface area contributed by atoms with Crippen molar-refractivity contribution < 1.29 is 0 Å². The molecule has 3 aromatic rings. The van der Waals surface area contributed by atoms with E-state index < -0.39 is 0 Å². The van der Waals surface area contributed by atoms with Crippen LogP contribution in [0.25, 0.3) is 22.4 Å². The van der Waals surface area contributed by atoms with Crippen molar-refractivity contribution in [3.63, 3.8) is 0 Å². The predicted octanol–water partition coefficient (Wildman–Crippen LogP) is 6.53. The van der Waals surface area contributed by atoms with Crippen LogP contribution in [0.5, 0.6) is 0 Å². The Bertz CT molecular complexity index is 732. The van der Waals surface area contributed by atoms with Crippen molar-refractivity contribution in [2.24, 2.45) is 0 Å². The van der Waals surface area contributed by atoms with Gasteiger partial charge in [0, 0.05) is 23.9 Å². The van der Waals surface area contributed by atoms with Crippen LogP contribution in [-0.4, -0.2) is 24.0 Å². The number of aromatic nitrogens is 1. The van der Waals surface area contributed by atoms with Crippen molar-refractivity contribution in [1.82, 2.24) is 9.88 Å². The highest BCUT2D eigenvalue weighted by Gasteiger charge is 2.08. The Morgan fingerprint density at radius 1 is 0.692 bits per heavy atom. The highest BCUT2D eigenvalue weighted by molar-refractivity contribution is 5.80. The molecule has 0 aliphatic heterocycles. The summed E-state index contributed by atoms with van der Waals surface area (Å²) >= 11 is 0. The average molecular weight is 349 g/mol. The standard InChI is InChI=1S/C20H20N2.2C2H6/c1-22(2)15-16-10-12-18(13-11-16)20-19(9-6-14-21-20)17-7-4-3-5-8-17;2*1-2/h3-14H,15H2,1-2H3;2*1-2H3. The summed E-state index contributed by atoms with van der Waals surface area (Å²) in [7, 11) is 4.17. The first-order chi connectivity index (χ1) is 12.7. The topological polar surface area (TPSA) is 16.1 Å². The van der Waals surface area contributed by atoms with Crippen LogP contribution in [0.1, 0.15) is 33.3 Å². The molecule has 3 rings (SSSR count).